The number of rotatable bonds is 4. The van der Waals surface area contributed by atoms with Gasteiger partial charge in [-0.25, -0.2) is 9.79 Å². The molecule has 0 unspecified atom stereocenters. The van der Waals surface area contributed by atoms with Crippen LogP contribution in [0.3, 0.4) is 0 Å². The first-order valence-corrected chi connectivity index (χ1v) is 8.78. The van der Waals surface area contributed by atoms with Crippen LogP contribution in [0.1, 0.15) is 28.1 Å². The van der Waals surface area contributed by atoms with Gasteiger partial charge in [-0.3, -0.25) is 4.68 Å². The quantitative estimate of drug-likeness (QED) is 0.526. The lowest BCUT2D eigenvalue weighted by molar-refractivity contribution is -0.129. The summed E-state index contributed by atoms with van der Waals surface area (Å²) in [4.78, 5) is 16.6. The van der Waals surface area contributed by atoms with Crippen molar-refractivity contribution in [1.82, 2.24) is 9.78 Å². The third-order valence-corrected chi connectivity index (χ3v) is 4.53. The summed E-state index contributed by atoms with van der Waals surface area (Å²) >= 11 is 0. The third-order valence-electron chi connectivity index (χ3n) is 4.53. The van der Waals surface area contributed by atoms with Crippen molar-refractivity contribution in [3.63, 3.8) is 0 Å². The zero-order valence-electron chi connectivity index (χ0n) is 15.2. The predicted molar refractivity (Wildman–Crippen MR) is 104 cm³/mol. The van der Waals surface area contributed by atoms with Crippen LogP contribution in [0.4, 0.5) is 0 Å². The summed E-state index contributed by atoms with van der Waals surface area (Å²) in [7, 11) is 0. The molecule has 1 aromatic heterocycles. The SMILES string of the molecule is Cc1nn(Cc2ccccc2)c(C)c1/C=C1/N=C(c2ccccc2)OC1=O. The molecular weight excluding hydrogens is 338 g/mol. The van der Waals surface area contributed by atoms with Gasteiger partial charge < -0.3 is 4.74 Å². The molecule has 0 bridgehead atoms. The van der Waals surface area contributed by atoms with E-state index in [4.69, 9.17) is 4.74 Å². The number of hydrogen-bond acceptors (Lipinski definition) is 4. The normalized spacial score (nSPS) is 15.1. The largest absolute Gasteiger partial charge is 0.402 e. The van der Waals surface area contributed by atoms with Crippen LogP contribution in [-0.2, 0) is 16.1 Å². The van der Waals surface area contributed by atoms with Crippen LogP contribution in [0.25, 0.3) is 6.08 Å². The number of carbonyl (C=O) groups excluding carboxylic acids is 1. The van der Waals surface area contributed by atoms with Gasteiger partial charge in [0.1, 0.15) is 0 Å². The number of esters is 1. The molecule has 3 aromatic rings. The molecule has 27 heavy (non-hydrogen) atoms. The lowest BCUT2D eigenvalue weighted by atomic mass is 10.1. The molecule has 4 rings (SSSR count). The molecule has 5 heteroatoms. The van der Waals surface area contributed by atoms with Crippen LogP contribution in [0.15, 0.2) is 71.4 Å². The Morgan fingerprint density at radius 1 is 1.00 bits per heavy atom. The molecule has 0 saturated heterocycles. The predicted octanol–water partition coefficient (Wildman–Crippen LogP) is 3.89. The summed E-state index contributed by atoms with van der Waals surface area (Å²) in [5.41, 5.74) is 4.98. The van der Waals surface area contributed by atoms with Crippen molar-refractivity contribution in [2.45, 2.75) is 20.4 Å². The van der Waals surface area contributed by atoms with Gasteiger partial charge in [0.15, 0.2) is 5.70 Å². The summed E-state index contributed by atoms with van der Waals surface area (Å²) in [6.45, 7) is 4.61. The minimum absolute atomic E-state index is 0.291. The topological polar surface area (TPSA) is 56.5 Å². The van der Waals surface area contributed by atoms with E-state index in [2.05, 4.69) is 22.2 Å². The van der Waals surface area contributed by atoms with Crippen molar-refractivity contribution in [3.8, 4) is 0 Å². The molecule has 0 spiro atoms. The minimum atomic E-state index is -0.441. The number of aliphatic imine (C=N–C) groups is 1. The van der Waals surface area contributed by atoms with Crippen LogP contribution in [-0.4, -0.2) is 21.6 Å². The fourth-order valence-corrected chi connectivity index (χ4v) is 3.08. The van der Waals surface area contributed by atoms with Crippen LogP contribution < -0.4 is 0 Å². The smallest absolute Gasteiger partial charge is 0.363 e. The van der Waals surface area contributed by atoms with Gasteiger partial charge in [0.05, 0.1) is 12.2 Å². The molecule has 5 nitrogen and oxygen atoms in total. The molecular formula is C22H19N3O2. The van der Waals surface area contributed by atoms with E-state index in [-0.39, 0.29) is 0 Å². The molecule has 0 N–H and O–H groups in total. The lowest BCUT2D eigenvalue weighted by Gasteiger charge is -2.04. The second-order valence-electron chi connectivity index (χ2n) is 6.43. The second-order valence-corrected chi connectivity index (χ2v) is 6.43. The number of ether oxygens (including phenoxy) is 1. The molecule has 0 amide bonds. The Morgan fingerprint density at radius 3 is 2.37 bits per heavy atom. The van der Waals surface area contributed by atoms with E-state index < -0.39 is 5.97 Å². The highest BCUT2D eigenvalue weighted by molar-refractivity contribution is 6.12. The monoisotopic (exact) mass is 357 g/mol. The van der Waals surface area contributed by atoms with Gasteiger partial charge in [-0.2, -0.15) is 5.10 Å². The zero-order valence-corrected chi connectivity index (χ0v) is 15.2. The Kier molecular flexibility index (Phi) is 4.42. The van der Waals surface area contributed by atoms with E-state index in [1.807, 2.05) is 67.1 Å². The Hall–Kier alpha value is -3.47. The highest BCUT2D eigenvalue weighted by atomic mass is 16.6. The molecule has 0 radical (unpaired) electrons. The van der Waals surface area contributed by atoms with Crippen molar-refractivity contribution in [2.75, 3.05) is 0 Å². The number of aromatic nitrogens is 2. The molecule has 134 valence electrons. The molecule has 2 heterocycles. The number of cyclic esters (lactones) is 1. The average Bonchev–Trinajstić information content (AvgIpc) is 3.18. The lowest BCUT2D eigenvalue weighted by Crippen LogP contribution is -2.05. The molecule has 0 aliphatic carbocycles. The van der Waals surface area contributed by atoms with Gasteiger partial charge in [0.2, 0.25) is 5.90 Å². The Labute approximate surface area is 157 Å². The molecule has 1 aliphatic heterocycles. The highest BCUT2D eigenvalue weighted by Crippen LogP contribution is 2.23. The summed E-state index contributed by atoms with van der Waals surface area (Å²) < 4.78 is 7.27. The number of carbonyl (C=O) groups is 1. The van der Waals surface area contributed by atoms with Crippen molar-refractivity contribution in [2.24, 2.45) is 4.99 Å². The maximum absolute atomic E-state index is 12.3. The molecule has 2 aromatic carbocycles. The first-order chi connectivity index (χ1) is 13.1. The number of aryl methyl sites for hydroxylation is 1. The second kappa shape index (κ2) is 7.03. The van der Waals surface area contributed by atoms with E-state index in [0.29, 0.717) is 18.1 Å². The first kappa shape index (κ1) is 17.0. The van der Waals surface area contributed by atoms with E-state index >= 15 is 0 Å². The zero-order chi connectivity index (χ0) is 18.8. The van der Waals surface area contributed by atoms with Gasteiger partial charge in [0.25, 0.3) is 0 Å². The summed E-state index contributed by atoms with van der Waals surface area (Å²) in [5.74, 6) is -0.109. The van der Waals surface area contributed by atoms with Crippen molar-refractivity contribution < 1.29 is 9.53 Å². The first-order valence-electron chi connectivity index (χ1n) is 8.78. The van der Waals surface area contributed by atoms with Gasteiger partial charge in [-0.05, 0) is 37.6 Å². The van der Waals surface area contributed by atoms with Crippen LogP contribution in [0.5, 0.6) is 0 Å². The van der Waals surface area contributed by atoms with Crippen molar-refractivity contribution >= 4 is 17.9 Å². The number of benzene rings is 2. The van der Waals surface area contributed by atoms with Gasteiger partial charge in [0, 0.05) is 16.8 Å². The molecule has 1 aliphatic rings. The fraction of sp³-hybridized carbons (Fsp3) is 0.136. The van der Waals surface area contributed by atoms with Crippen molar-refractivity contribution in [1.29, 1.82) is 0 Å². The van der Waals surface area contributed by atoms with E-state index in [9.17, 15) is 4.79 Å². The van der Waals surface area contributed by atoms with Gasteiger partial charge in [-0.1, -0.05) is 48.5 Å². The van der Waals surface area contributed by atoms with Crippen molar-refractivity contribution in [3.05, 3.63) is 94.4 Å². The Morgan fingerprint density at radius 2 is 1.67 bits per heavy atom. The number of hydrogen-bond donors (Lipinski definition) is 0. The number of nitrogens with zero attached hydrogens (tertiary/aromatic N) is 3. The molecule has 0 fully saturated rings. The van der Waals surface area contributed by atoms with Crippen LogP contribution in [0, 0.1) is 13.8 Å². The molecule has 0 saturated carbocycles. The standard InChI is InChI=1S/C22H19N3O2/c1-15-19(16(2)25(24-15)14-17-9-5-3-6-10-17)13-20-22(26)27-21(23-20)18-11-7-4-8-12-18/h3-13H,14H2,1-2H3/b20-13+. The Bertz CT molecular complexity index is 1050. The van der Waals surface area contributed by atoms with E-state index in [0.717, 1.165) is 22.5 Å². The summed E-state index contributed by atoms with van der Waals surface area (Å²) in [6.07, 6.45) is 1.76. The summed E-state index contributed by atoms with van der Waals surface area (Å²) in [6, 6.07) is 19.6. The van der Waals surface area contributed by atoms with Gasteiger partial charge >= 0.3 is 5.97 Å². The third kappa shape index (κ3) is 3.44. The van der Waals surface area contributed by atoms with E-state index in [1.165, 1.54) is 5.56 Å². The maximum Gasteiger partial charge on any atom is 0.363 e. The highest BCUT2D eigenvalue weighted by Gasteiger charge is 2.25. The van der Waals surface area contributed by atoms with E-state index in [1.54, 1.807) is 6.08 Å². The van der Waals surface area contributed by atoms with Crippen LogP contribution in [0.2, 0.25) is 0 Å². The minimum Gasteiger partial charge on any atom is -0.402 e. The van der Waals surface area contributed by atoms with Gasteiger partial charge in [-0.15, -0.1) is 0 Å². The fourth-order valence-electron chi connectivity index (χ4n) is 3.08. The average molecular weight is 357 g/mol. The van der Waals surface area contributed by atoms with Crippen LogP contribution >= 0.6 is 0 Å². The maximum atomic E-state index is 12.3. The summed E-state index contributed by atoms with van der Waals surface area (Å²) in [5, 5.41) is 4.62. The molecule has 0 atom stereocenters. The Balaban J connectivity index is 1.66.